The van der Waals surface area contributed by atoms with Gasteiger partial charge < -0.3 is 11.1 Å². The molecule has 0 radical (unpaired) electrons. The standard InChI is InChI=1S/C21H26N4/c1-16-6-5-11-23-21(16)15-25-19(9-4-10-22)13-20-12-17-7-2-3-8-18(17)14-24-20/h2-3,5-8,11-12,14,19,25H,4,9-10,13,15,22H2,1H3. The molecule has 130 valence electrons. The molecular formula is C21H26N4. The van der Waals surface area contributed by atoms with Crippen molar-refractivity contribution >= 4 is 10.8 Å². The Kier molecular flexibility index (Phi) is 6.09. The molecule has 0 spiro atoms. The molecule has 25 heavy (non-hydrogen) atoms. The number of rotatable bonds is 8. The quantitative estimate of drug-likeness (QED) is 0.663. The SMILES string of the molecule is Cc1cccnc1CNC(CCCN)Cc1cc2ccccc2cn1. The molecule has 0 amide bonds. The van der Waals surface area contributed by atoms with Crippen LogP contribution in [0.4, 0.5) is 0 Å². The van der Waals surface area contributed by atoms with Crippen LogP contribution in [0.25, 0.3) is 10.8 Å². The van der Waals surface area contributed by atoms with E-state index in [2.05, 4.69) is 52.5 Å². The average molecular weight is 334 g/mol. The molecule has 2 heterocycles. The summed E-state index contributed by atoms with van der Waals surface area (Å²) in [6.45, 7) is 3.59. The summed E-state index contributed by atoms with van der Waals surface area (Å²) in [7, 11) is 0. The van der Waals surface area contributed by atoms with Gasteiger partial charge in [-0.3, -0.25) is 9.97 Å². The third-order valence-corrected chi connectivity index (χ3v) is 4.58. The highest BCUT2D eigenvalue weighted by Gasteiger charge is 2.11. The fourth-order valence-corrected chi connectivity index (χ4v) is 3.08. The lowest BCUT2D eigenvalue weighted by atomic mass is 10.0. The van der Waals surface area contributed by atoms with E-state index in [1.165, 1.54) is 16.3 Å². The molecule has 1 atom stereocenters. The van der Waals surface area contributed by atoms with Crippen LogP contribution < -0.4 is 11.1 Å². The number of pyridine rings is 2. The van der Waals surface area contributed by atoms with Crippen molar-refractivity contribution in [2.75, 3.05) is 6.54 Å². The normalized spacial score (nSPS) is 12.4. The largest absolute Gasteiger partial charge is 0.330 e. The summed E-state index contributed by atoms with van der Waals surface area (Å²) in [5.74, 6) is 0. The Balaban J connectivity index is 1.69. The van der Waals surface area contributed by atoms with Gasteiger partial charge in [-0.1, -0.05) is 30.3 Å². The smallest absolute Gasteiger partial charge is 0.0570 e. The highest BCUT2D eigenvalue weighted by molar-refractivity contribution is 5.81. The van der Waals surface area contributed by atoms with Gasteiger partial charge in [0.05, 0.1) is 5.69 Å². The van der Waals surface area contributed by atoms with E-state index in [-0.39, 0.29) is 0 Å². The van der Waals surface area contributed by atoms with Gasteiger partial charge in [0.25, 0.3) is 0 Å². The van der Waals surface area contributed by atoms with Crippen LogP contribution >= 0.6 is 0 Å². The van der Waals surface area contributed by atoms with E-state index >= 15 is 0 Å². The van der Waals surface area contributed by atoms with E-state index in [1.807, 2.05) is 24.5 Å². The molecule has 0 bridgehead atoms. The fourth-order valence-electron chi connectivity index (χ4n) is 3.08. The topological polar surface area (TPSA) is 63.8 Å². The minimum absolute atomic E-state index is 0.346. The van der Waals surface area contributed by atoms with Gasteiger partial charge in [-0.2, -0.15) is 0 Å². The lowest BCUT2D eigenvalue weighted by molar-refractivity contribution is 0.459. The van der Waals surface area contributed by atoms with E-state index in [1.54, 1.807) is 0 Å². The predicted molar refractivity (Wildman–Crippen MR) is 103 cm³/mol. The van der Waals surface area contributed by atoms with Crippen LogP contribution in [0.5, 0.6) is 0 Å². The monoisotopic (exact) mass is 334 g/mol. The molecule has 0 saturated carbocycles. The predicted octanol–water partition coefficient (Wildman–Crippen LogP) is 3.38. The van der Waals surface area contributed by atoms with Gasteiger partial charge in [0.2, 0.25) is 0 Å². The minimum Gasteiger partial charge on any atom is -0.330 e. The van der Waals surface area contributed by atoms with E-state index in [9.17, 15) is 0 Å². The van der Waals surface area contributed by atoms with Crippen molar-refractivity contribution in [3.8, 4) is 0 Å². The van der Waals surface area contributed by atoms with Gasteiger partial charge in [0.1, 0.15) is 0 Å². The Labute approximate surface area is 149 Å². The second kappa shape index (κ2) is 8.70. The Morgan fingerprint density at radius 2 is 1.92 bits per heavy atom. The van der Waals surface area contributed by atoms with E-state index < -0.39 is 0 Å². The Hall–Kier alpha value is -2.30. The first-order chi connectivity index (χ1) is 12.3. The average Bonchev–Trinajstić information content (AvgIpc) is 2.65. The molecule has 2 aromatic heterocycles. The molecular weight excluding hydrogens is 308 g/mol. The highest BCUT2D eigenvalue weighted by atomic mass is 14.9. The van der Waals surface area contributed by atoms with Crippen LogP contribution in [-0.2, 0) is 13.0 Å². The molecule has 3 rings (SSSR count). The van der Waals surface area contributed by atoms with Crippen molar-refractivity contribution in [3.63, 3.8) is 0 Å². The van der Waals surface area contributed by atoms with Gasteiger partial charge >= 0.3 is 0 Å². The lowest BCUT2D eigenvalue weighted by Crippen LogP contribution is -2.32. The first kappa shape index (κ1) is 17.5. The zero-order chi connectivity index (χ0) is 17.5. The van der Waals surface area contributed by atoms with Gasteiger partial charge in [-0.25, -0.2) is 0 Å². The molecule has 0 aliphatic heterocycles. The van der Waals surface area contributed by atoms with E-state index in [0.29, 0.717) is 12.6 Å². The van der Waals surface area contributed by atoms with Gasteiger partial charge in [-0.05, 0) is 49.4 Å². The van der Waals surface area contributed by atoms with Crippen molar-refractivity contribution in [3.05, 3.63) is 71.8 Å². The van der Waals surface area contributed by atoms with Gasteiger partial charge in [0.15, 0.2) is 0 Å². The lowest BCUT2D eigenvalue weighted by Gasteiger charge is -2.19. The summed E-state index contributed by atoms with van der Waals surface area (Å²) in [6, 6.07) is 15.0. The van der Waals surface area contributed by atoms with Gasteiger partial charge in [-0.15, -0.1) is 0 Å². The number of benzene rings is 1. The fraction of sp³-hybridized carbons (Fsp3) is 0.333. The molecule has 4 heteroatoms. The Morgan fingerprint density at radius 1 is 1.08 bits per heavy atom. The molecule has 3 aromatic rings. The summed E-state index contributed by atoms with van der Waals surface area (Å²) in [4.78, 5) is 9.12. The van der Waals surface area contributed by atoms with Crippen molar-refractivity contribution in [2.45, 2.75) is 38.8 Å². The molecule has 1 unspecified atom stereocenters. The minimum atomic E-state index is 0.346. The van der Waals surface area contributed by atoms with Gasteiger partial charge in [0, 0.05) is 42.5 Å². The summed E-state index contributed by atoms with van der Waals surface area (Å²) in [5, 5.41) is 6.07. The number of nitrogens with zero attached hydrogens (tertiary/aromatic N) is 2. The number of aryl methyl sites for hydroxylation is 1. The first-order valence-electron chi connectivity index (χ1n) is 8.94. The maximum atomic E-state index is 5.72. The molecule has 4 nitrogen and oxygen atoms in total. The van der Waals surface area contributed by atoms with Crippen LogP contribution in [0.2, 0.25) is 0 Å². The van der Waals surface area contributed by atoms with Crippen molar-refractivity contribution in [1.29, 1.82) is 0 Å². The van der Waals surface area contributed by atoms with Crippen LogP contribution in [0.1, 0.15) is 29.8 Å². The number of hydrogen-bond acceptors (Lipinski definition) is 4. The van der Waals surface area contributed by atoms with Crippen molar-refractivity contribution < 1.29 is 0 Å². The number of nitrogens with two attached hydrogens (primary N) is 1. The zero-order valence-corrected chi connectivity index (χ0v) is 14.8. The highest BCUT2D eigenvalue weighted by Crippen LogP contribution is 2.15. The third kappa shape index (κ3) is 4.84. The summed E-state index contributed by atoms with van der Waals surface area (Å²) in [5.41, 5.74) is 9.16. The second-order valence-corrected chi connectivity index (χ2v) is 6.50. The molecule has 0 aliphatic rings. The van der Waals surface area contributed by atoms with Crippen LogP contribution in [0, 0.1) is 6.92 Å². The molecule has 0 aliphatic carbocycles. The summed E-state index contributed by atoms with van der Waals surface area (Å²) in [6.07, 6.45) is 6.76. The van der Waals surface area contributed by atoms with E-state index in [4.69, 9.17) is 5.73 Å². The summed E-state index contributed by atoms with van der Waals surface area (Å²) >= 11 is 0. The Morgan fingerprint density at radius 3 is 2.72 bits per heavy atom. The van der Waals surface area contributed by atoms with Crippen molar-refractivity contribution in [2.24, 2.45) is 5.73 Å². The van der Waals surface area contributed by atoms with Crippen LogP contribution in [0.3, 0.4) is 0 Å². The van der Waals surface area contributed by atoms with Crippen molar-refractivity contribution in [1.82, 2.24) is 15.3 Å². The van der Waals surface area contributed by atoms with Crippen LogP contribution in [-0.4, -0.2) is 22.6 Å². The number of hydrogen-bond donors (Lipinski definition) is 2. The van der Waals surface area contributed by atoms with E-state index in [0.717, 1.165) is 37.2 Å². The number of aromatic nitrogens is 2. The maximum Gasteiger partial charge on any atom is 0.0570 e. The second-order valence-electron chi connectivity index (χ2n) is 6.50. The Bertz CT molecular complexity index is 816. The summed E-state index contributed by atoms with van der Waals surface area (Å²) < 4.78 is 0. The molecule has 1 aromatic carbocycles. The number of nitrogens with one attached hydrogen (secondary N) is 1. The van der Waals surface area contributed by atoms with Crippen LogP contribution in [0.15, 0.2) is 54.9 Å². The zero-order valence-electron chi connectivity index (χ0n) is 14.8. The number of fused-ring (bicyclic) bond motifs is 1. The maximum absolute atomic E-state index is 5.72. The molecule has 0 fully saturated rings. The third-order valence-electron chi connectivity index (χ3n) is 4.58. The first-order valence-corrected chi connectivity index (χ1v) is 8.94. The molecule has 0 saturated heterocycles. The molecule has 3 N–H and O–H groups in total.